The summed E-state index contributed by atoms with van der Waals surface area (Å²) < 4.78 is 0. The molecule has 1 atom stereocenters. The highest BCUT2D eigenvalue weighted by molar-refractivity contribution is 9.09. The van der Waals surface area contributed by atoms with Crippen molar-refractivity contribution < 1.29 is 4.79 Å². The minimum atomic E-state index is 0.173. The third-order valence-electron chi connectivity index (χ3n) is 4.74. The van der Waals surface area contributed by atoms with E-state index in [0.29, 0.717) is 11.9 Å². The Morgan fingerprint density at radius 1 is 1.15 bits per heavy atom. The van der Waals surface area contributed by atoms with Gasteiger partial charge in [0.25, 0.3) is 0 Å². The molecule has 2 aliphatic rings. The van der Waals surface area contributed by atoms with Crippen molar-refractivity contribution >= 4 is 21.8 Å². The fourth-order valence-corrected chi connectivity index (χ4v) is 4.27. The summed E-state index contributed by atoms with van der Waals surface area (Å²) in [4.78, 5) is 15.1. The lowest BCUT2D eigenvalue weighted by Crippen LogP contribution is -2.44. The van der Waals surface area contributed by atoms with Crippen LogP contribution in [-0.2, 0) is 17.6 Å². The first-order chi connectivity index (χ1) is 9.79. The Morgan fingerprint density at radius 3 is 2.50 bits per heavy atom. The molecule has 3 rings (SSSR count). The zero-order valence-electron chi connectivity index (χ0n) is 11.9. The van der Waals surface area contributed by atoms with Crippen LogP contribution in [0.2, 0.25) is 0 Å². The van der Waals surface area contributed by atoms with Crippen LogP contribution in [0, 0.1) is 5.92 Å². The standard InChI is InChI=1S/C17H22BrNO/c18-12-16-8-2-1-5-9-19(16)17(20)15-10-13-6-3-4-7-14(13)11-15/h3-4,6-7,15-16H,1-2,5,8-12H2. The van der Waals surface area contributed by atoms with Gasteiger partial charge in [0.1, 0.15) is 0 Å². The Hall–Kier alpha value is -0.830. The van der Waals surface area contributed by atoms with E-state index in [4.69, 9.17) is 0 Å². The van der Waals surface area contributed by atoms with Gasteiger partial charge in [0.05, 0.1) is 0 Å². The number of carbonyl (C=O) groups excluding carboxylic acids is 1. The van der Waals surface area contributed by atoms with Crippen LogP contribution in [-0.4, -0.2) is 28.7 Å². The van der Waals surface area contributed by atoms with Crippen LogP contribution in [0.5, 0.6) is 0 Å². The minimum Gasteiger partial charge on any atom is -0.339 e. The van der Waals surface area contributed by atoms with Gasteiger partial charge in [-0.25, -0.2) is 0 Å². The van der Waals surface area contributed by atoms with E-state index in [1.807, 2.05) is 0 Å². The largest absolute Gasteiger partial charge is 0.339 e. The van der Waals surface area contributed by atoms with Crippen molar-refractivity contribution in [1.82, 2.24) is 4.90 Å². The zero-order chi connectivity index (χ0) is 13.9. The van der Waals surface area contributed by atoms with Crippen molar-refractivity contribution in [3.63, 3.8) is 0 Å². The van der Waals surface area contributed by atoms with Crippen LogP contribution < -0.4 is 0 Å². The van der Waals surface area contributed by atoms with Crippen LogP contribution in [0.25, 0.3) is 0 Å². The number of benzene rings is 1. The van der Waals surface area contributed by atoms with Gasteiger partial charge in [-0.05, 0) is 36.8 Å². The smallest absolute Gasteiger partial charge is 0.226 e. The van der Waals surface area contributed by atoms with Crippen LogP contribution in [0.15, 0.2) is 24.3 Å². The predicted octanol–water partition coefficient (Wildman–Crippen LogP) is 3.57. The van der Waals surface area contributed by atoms with Crippen molar-refractivity contribution in [3.8, 4) is 0 Å². The van der Waals surface area contributed by atoms with Gasteiger partial charge >= 0.3 is 0 Å². The van der Waals surface area contributed by atoms with Crippen molar-refractivity contribution in [2.45, 2.75) is 44.6 Å². The molecule has 3 heteroatoms. The molecule has 1 saturated heterocycles. The molecule has 0 aromatic heterocycles. The van der Waals surface area contributed by atoms with Crippen LogP contribution >= 0.6 is 15.9 Å². The van der Waals surface area contributed by atoms with Gasteiger partial charge in [-0.1, -0.05) is 53.0 Å². The average molecular weight is 336 g/mol. The SMILES string of the molecule is O=C(C1Cc2ccccc2C1)N1CCCCCC1CBr. The molecule has 1 aromatic rings. The summed E-state index contributed by atoms with van der Waals surface area (Å²) in [6, 6.07) is 8.91. The first-order valence-electron chi connectivity index (χ1n) is 7.73. The molecule has 1 fully saturated rings. The Morgan fingerprint density at radius 2 is 1.85 bits per heavy atom. The van der Waals surface area contributed by atoms with E-state index < -0.39 is 0 Å². The summed E-state index contributed by atoms with van der Waals surface area (Å²) in [5.41, 5.74) is 2.74. The molecular weight excluding hydrogens is 314 g/mol. The van der Waals surface area contributed by atoms with Crippen LogP contribution in [0.4, 0.5) is 0 Å². The van der Waals surface area contributed by atoms with Crippen LogP contribution in [0.3, 0.4) is 0 Å². The number of fused-ring (bicyclic) bond motifs is 1. The Balaban J connectivity index is 1.73. The lowest BCUT2D eigenvalue weighted by atomic mass is 10.0. The highest BCUT2D eigenvalue weighted by Crippen LogP contribution is 2.30. The number of carbonyl (C=O) groups is 1. The summed E-state index contributed by atoms with van der Waals surface area (Å²) in [5.74, 6) is 0.555. The second-order valence-corrected chi connectivity index (χ2v) is 6.71. The molecule has 1 amide bonds. The number of nitrogens with zero attached hydrogens (tertiary/aromatic N) is 1. The zero-order valence-corrected chi connectivity index (χ0v) is 13.4. The Kier molecular flexibility index (Phi) is 4.45. The summed E-state index contributed by atoms with van der Waals surface area (Å²) >= 11 is 3.60. The average Bonchev–Trinajstić information content (AvgIpc) is 2.77. The maximum atomic E-state index is 12.9. The van der Waals surface area contributed by atoms with E-state index in [1.165, 1.54) is 24.0 Å². The van der Waals surface area contributed by atoms with Crippen molar-refractivity contribution in [1.29, 1.82) is 0 Å². The van der Waals surface area contributed by atoms with E-state index in [1.54, 1.807) is 0 Å². The fourth-order valence-electron chi connectivity index (χ4n) is 3.60. The van der Waals surface area contributed by atoms with Crippen molar-refractivity contribution in [2.75, 3.05) is 11.9 Å². The Labute approximate surface area is 129 Å². The molecule has 2 nitrogen and oxygen atoms in total. The summed E-state index contributed by atoms with van der Waals surface area (Å²) in [7, 11) is 0. The number of alkyl halides is 1. The molecule has 1 aliphatic carbocycles. The van der Waals surface area contributed by atoms with E-state index in [-0.39, 0.29) is 5.92 Å². The maximum Gasteiger partial charge on any atom is 0.226 e. The lowest BCUT2D eigenvalue weighted by Gasteiger charge is -2.31. The molecular formula is C17H22BrNO. The summed E-state index contributed by atoms with van der Waals surface area (Å²) in [5, 5.41) is 0.915. The number of amides is 1. The van der Waals surface area contributed by atoms with Gasteiger partial charge in [0.2, 0.25) is 5.91 Å². The topological polar surface area (TPSA) is 20.3 Å². The van der Waals surface area contributed by atoms with Gasteiger partial charge in [0, 0.05) is 23.8 Å². The first kappa shape index (κ1) is 14.1. The number of halogens is 1. The molecule has 0 spiro atoms. The first-order valence-corrected chi connectivity index (χ1v) is 8.85. The van der Waals surface area contributed by atoms with Gasteiger partial charge in [-0.3, -0.25) is 4.79 Å². The highest BCUT2D eigenvalue weighted by Gasteiger charge is 2.33. The Bertz CT molecular complexity index is 463. The van der Waals surface area contributed by atoms with Crippen molar-refractivity contribution in [2.24, 2.45) is 5.92 Å². The molecule has 1 aliphatic heterocycles. The molecule has 0 saturated carbocycles. The molecule has 1 heterocycles. The van der Waals surface area contributed by atoms with E-state index in [2.05, 4.69) is 45.1 Å². The number of likely N-dealkylation sites (tertiary alicyclic amines) is 1. The molecule has 0 N–H and O–H groups in total. The normalized spacial score (nSPS) is 23.4. The van der Waals surface area contributed by atoms with Gasteiger partial charge in [-0.15, -0.1) is 0 Å². The third kappa shape index (κ3) is 2.78. The minimum absolute atomic E-state index is 0.173. The molecule has 0 bridgehead atoms. The fraction of sp³-hybridized carbons (Fsp3) is 0.588. The molecule has 0 radical (unpaired) electrons. The van der Waals surface area contributed by atoms with Crippen LogP contribution in [0.1, 0.15) is 36.8 Å². The second-order valence-electron chi connectivity index (χ2n) is 6.06. The van der Waals surface area contributed by atoms with E-state index >= 15 is 0 Å². The summed E-state index contributed by atoms with van der Waals surface area (Å²) in [6.07, 6.45) is 6.69. The number of hydrogen-bond donors (Lipinski definition) is 0. The van der Waals surface area contributed by atoms with Gasteiger partial charge in [0.15, 0.2) is 0 Å². The van der Waals surface area contributed by atoms with Gasteiger partial charge in [-0.2, -0.15) is 0 Å². The van der Waals surface area contributed by atoms with E-state index in [0.717, 1.165) is 37.6 Å². The van der Waals surface area contributed by atoms with Crippen molar-refractivity contribution in [3.05, 3.63) is 35.4 Å². The second kappa shape index (κ2) is 6.30. The quantitative estimate of drug-likeness (QED) is 0.756. The number of hydrogen-bond acceptors (Lipinski definition) is 1. The van der Waals surface area contributed by atoms with E-state index in [9.17, 15) is 4.79 Å². The molecule has 1 unspecified atom stereocenters. The molecule has 1 aromatic carbocycles. The number of rotatable bonds is 2. The predicted molar refractivity (Wildman–Crippen MR) is 85.1 cm³/mol. The van der Waals surface area contributed by atoms with Gasteiger partial charge < -0.3 is 4.90 Å². The maximum absolute atomic E-state index is 12.9. The third-order valence-corrected chi connectivity index (χ3v) is 5.49. The molecule has 108 valence electrons. The molecule has 20 heavy (non-hydrogen) atoms. The lowest BCUT2D eigenvalue weighted by molar-refractivity contribution is -0.137. The monoisotopic (exact) mass is 335 g/mol. The summed E-state index contributed by atoms with van der Waals surface area (Å²) in [6.45, 7) is 0.946. The highest BCUT2D eigenvalue weighted by atomic mass is 79.9.